The third-order valence-corrected chi connectivity index (χ3v) is 7.51. The average molecular weight is 344 g/mol. The van der Waals surface area contributed by atoms with E-state index < -0.39 is 15.6 Å². The molecule has 2 aliphatic rings. The van der Waals surface area contributed by atoms with E-state index in [0.717, 1.165) is 19.4 Å². The van der Waals surface area contributed by atoms with Crippen LogP contribution in [0, 0.1) is 0 Å². The van der Waals surface area contributed by atoms with Crippen molar-refractivity contribution in [3.63, 3.8) is 0 Å². The lowest BCUT2D eigenvalue weighted by Gasteiger charge is -2.47. The molecule has 122 valence electrons. The lowest BCUT2D eigenvalue weighted by Crippen LogP contribution is -2.61. The van der Waals surface area contributed by atoms with Gasteiger partial charge in [-0.05, 0) is 24.3 Å². The Labute approximate surface area is 134 Å². The predicted molar refractivity (Wildman–Crippen MR) is 83.2 cm³/mol. The molecular weight excluding hydrogens is 324 g/mol. The van der Waals surface area contributed by atoms with Crippen LogP contribution < -0.4 is 0 Å². The van der Waals surface area contributed by atoms with Gasteiger partial charge in [0.25, 0.3) is 10.0 Å². The number of nitrogens with zero attached hydrogens (tertiary/aromatic N) is 2. The molecule has 22 heavy (non-hydrogen) atoms. The number of morpholine rings is 1. The topological polar surface area (TPSA) is 66.9 Å². The summed E-state index contributed by atoms with van der Waals surface area (Å²) in [5, 5.41) is 1.77. The predicted octanol–water partition coefficient (Wildman–Crippen LogP) is 1.15. The van der Waals surface area contributed by atoms with Gasteiger partial charge >= 0.3 is 0 Å². The van der Waals surface area contributed by atoms with Crippen LogP contribution in [-0.4, -0.2) is 61.9 Å². The first-order valence-electron chi connectivity index (χ1n) is 7.36. The van der Waals surface area contributed by atoms with Crippen LogP contribution in [0.4, 0.5) is 0 Å². The van der Waals surface area contributed by atoms with Crippen LogP contribution >= 0.6 is 11.3 Å². The molecule has 1 unspecified atom stereocenters. The first-order chi connectivity index (χ1) is 10.4. The highest BCUT2D eigenvalue weighted by atomic mass is 32.2. The third kappa shape index (κ3) is 2.92. The number of hydrogen-bond donors (Lipinski definition) is 0. The van der Waals surface area contributed by atoms with Gasteiger partial charge in [0, 0.05) is 26.6 Å². The first kappa shape index (κ1) is 15.9. The molecule has 6 nitrogen and oxygen atoms in total. The summed E-state index contributed by atoms with van der Waals surface area (Å²) in [6, 6.07) is 3.37. The molecule has 2 saturated heterocycles. The van der Waals surface area contributed by atoms with Gasteiger partial charge < -0.3 is 9.64 Å². The smallest absolute Gasteiger partial charge is 0.252 e. The second-order valence-corrected chi connectivity index (χ2v) is 8.96. The molecule has 0 saturated carbocycles. The molecule has 0 bridgehead atoms. The molecule has 0 radical (unpaired) electrons. The molecule has 1 spiro atoms. The van der Waals surface area contributed by atoms with E-state index in [9.17, 15) is 13.2 Å². The molecule has 1 amide bonds. The van der Waals surface area contributed by atoms with Gasteiger partial charge in [-0.15, -0.1) is 11.3 Å². The van der Waals surface area contributed by atoms with Gasteiger partial charge in [-0.2, -0.15) is 4.31 Å². The van der Waals surface area contributed by atoms with Gasteiger partial charge in [-0.25, -0.2) is 8.42 Å². The number of thiophene rings is 1. The van der Waals surface area contributed by atoms with E-state index in [1.807, 2.05) is 0 Å². The summed E-state index contributed by atoms with van der Waals surface area (Å²) < 4.78 is 33.2. The maximum atomic E-state index is 12.7. The van der Waals surface area contributed by atoms with E-state index in [0.29, 0.717) is 30.5 Å². The zero-order valence-electron chi connectivity index (χ0n) is 12.5. The van der Waals surface area contributed by atoms with E-state index >= 15 is 0 Å². The van der Waals surface area contributed by atoms with Crippen molar-refractivity contribution in [1.82, 2.24) is 9.21 Å². The van der Waals surface area contributed by atoms with Crippen LogP contribution in [0.25, 0.3) is 0 Å². The fraction of sp³-hybridized carbons (Fsp3) is 0.643. The minimum atomic E-state index is -3.46. The first-order valence-corrected chi connectivity index (χ1v) is 9.68. The third-order valence-electron chi connectivity index (χ3n) is 4.29. The summed E-state index contributed by atoms with van der Waals surface area (Å²) in [7, 11) is -3.46. The lowest BCUT2D eigenvalue weighted by molar-refractivity contribution is -0.149. The molecule has 1 aromatic heterocycles. The van der Waals surface area contributed by atoms with E-state index in [1.54, 1.807) is 29.3 Å². The summed E-state index contributed by atoms with van der Waals surface area (Å²) in [6.45, 7) is 3.79. The molecule has 1 aromatic rings. The summed E-state index contributed by atoms with van der Waals surface area (Å²) in [6.07, 6.45) is 1.62. The Morgan fingerprint density at radius 1 is 1.36 bits per heavy atom. The number of likely N-dealkylation sites (tertiary alicyclic amines) is 1. The van der Waals surface area contributed by atoms with Crippen molar-refractivity contribution < 1.29 is 17.9 Å². The van der Waals surface area contributed by atoms with Crippen LogP contribution in [0.15, 0.2) is 21.7 Å². The lowest BCUT2D eigenvalue weighted by atomic mass is 9.91. The van der Waals surface area contributed by atoms with Crippen molar-refractivity contribution in [3.8, 4) is 0 Å². The maximum absolute atomic E-state index is 12.7. The Bertz CT molecular complexity index is 640. The van der Waals surface area contributed by atoms with Crippen LogP contribution in [0.5, 0.6) is 0 Å². The number of ether oxygens (including phenoxy) is 1. The molecule has 1 atom stereocenters. The number of carbonyl (C=O) groups excluding carboxylic acids is 1. The second kappa shape index (κ2) is 5.92. The molecule has 0 N–H and O–H groups in total. The highest BCUT2D eigenvalue weighted by Crippen LogP contribution is 2.32. The minimum absolute atomic E-state index is 0.0147. The number of hydrogen-bond acceptors (Lipinski definition) is 5. The van der Waals surface area contributed by atoms with Gasteiger partial charge in [0.05, 0.1) is 18.8 Å². The largest absolute Gasteiger partial charge is 0.370 e. The van der Waals surface area contributed by atoms with Gasteiger partial charge in [-0.1, -0.05) is 6.07 Å². The van der Waals surface area contributed by atoms with Gasteiger partial charge in [0.15, 0.2) is 0 Å². The van der Waals surface area contributed by atoms with Gasteiger partial charge in [0.2, 0.25) is 5.91 Å². The molecule has 3 heterocycles. The molecule has 3 rings (SSSR count). The highest BCUT2D eigenvalue weighted by Gasteiger charge is 2.44. The Morgan fingerprint density at radius 3 is 2.86 bits per heavy atom. The minimum Gasteiger partial charge on any atom is -0.370 e. The van der Waals surface area contributed by atoms with Gasteiger partial charge in [0.1, 0.15) is 4.21 Å². The van der Waals surface area contributed by atoms with Crippen molar-refractivity contribution in [3.05, 3.63) is 17.5 Å². The van der Waals surface area contributed by atoms with Crippen LogP contribution in [0.2, 0.25) is 0 Å². The normalized spacial score (nSPS) is 27.2. The fourth-order valence-electron chi connectivity index (χ4n) is 3.17. The average Bonchev–Trinajstić information content (AvgIpc) is 3.02. The Kier molecular flexibility index (Phi) is 4.28. The molecule has 0 aromatic carbocycles. The Hall–Kier alpha value is -0.960. The van der Waals surface area contributed by atoms with Gasteiger partial charge in [-0.3, -0.25) is 4.79 Å². The van der Waals surface area contributed by atoms with E-state index in [-0.39, 0.29) is 5.91 Å². The molecule has 8 heteroatoms. The van der Waals surface area contributed by atoms with Crippen LogP contribution in [0.1, 0.15) is 19.8 Å². The van der Waals surface area contributed by atoms with Crippen molar-refractivity contribution in [2.24, 2.45) is 0 Å². The molecule has 2 fully saturated rings. The second-order valence-electron chi connectivity index (χ2n) is 5.85. The monoisotopic (exact) mass is 344 g/mol. The maximum Gasteiger partial charge on any atom is 0.252 e. The summed E-state index contributed by atoms with van der Waals surface area (Å²) in [5.41, 5.74) is -0.563. The molecule has 2 aliphatic heterocycles. The summed E-state index contributed by atoms with van der Waals surface area (Å²) >= 11 is 1.23. The number of amides is 1. The number of carbonyl (C=O) groups is 1. The van der Waals surface area contributed by atoms with Crippen LogP contribution in [0.3, 0.4) is 0 Å². The SMILES string of the molecule is CC(=O)N1CCCC2(C1)CN(S(=O)(=O)c1cccs1)CCO2. The zero-order chi connectivity index (χ0) is 15.8. The highest BCUT2D eigenvalue weighted by molar-refractivity contribution is 7.91. The summed E-state index contributed by atoms with van der Waals surface area (Å²) in [5.74, 6) is 0.0147. The zero-order valence-corrected chi connectivity index (χ0v) is 14.2. The van der Waals surface area contributed by atoms with E-state index in [4.69, 9.17) is 4.74 Å². The Balaban J connectivity index is 1.81. The molecular formula is C14H20N2O4S2. The summed E-state index contributed by atoms with van der Waals surface area (Å²) in [4.78, 5) is 13.4. The van der Waals surface area contributed by atoms with Crippen LogP contribution in [-0.2, 0) is 19.6 Å². The van der Waals surface area contributed by atoms with E-state index in [2.05, 4.69) is 0 Å². The van der Waals surface area contributed by atoms with Crippen molar-refractivity contribution in [2.75, 3.05) is 32.8 Å². The Morgan fingerprint density at radius 2 is 2.18 bits per heavy atom. The number of piperidine rings is 1. The van der Waals surface area contributed by atoms with Crippen molar-refractivity contribution in [1.29, 1.82) is 0 Å². The standard InChI is InChI=1S/C14H20N2O4S2/c1-12(17)15-6-3-5-14(10-15)11-16(7-8-20-14)22(18,19)13-4-2-9-21-13/h2,4,9H,3,5-8,10-11H2,1H3. The molecule has 0 aliphatic carbocycles. The van der Waals surface area contributed by atoms with Crippen molar-refractivity contribution >= 4 is 27.3 Å². The van der Waals surface area contributed by atoms with E-state index in [1.165, 1.54) is 15.6 Å². The van der Waals surface area contributed by atoms with Crippen molar-refractivity contribution in [2.45, 2.75) is 29.6 Å². The fourth-order valence-corrected chi connectivity index (χ4v) is 5.81. The quantitative estimate of drug-likeness (QED) is 0.807. The number of sulfonamides is 1. The number of rotatable bonds is 2.